The van der Waals surface area contributed by atoms with Gasteiger partial charge >= 0.3 is 0 Å². The van der Waals surface area contributed by atoms with Gasteiger partial charge in [-0.25, -0.2) is 4.98 Å². The van der Waals surface area contributed by atoms with E-state index in [0.717, 1.165) is 0 Å². The molecule has 0 atom stereocenters. The first kappa shape index (κ1) is 7.14. The van der Waals surface area contributed by atoms with Crippen molar-refractivity contribution in [1.29, 1.82) is 0 Å². The van der Waals surface area contributed by atoms with E-state index >= 15 is 0 Å². The Balaban J connectivity index is 2.35. The van der Waals surface area contributed by atoms with Gasteiger partial charge in [-0.3, -0.25) is 8.77 Å². The molecule has 1 rings (SSSR count). The summed E-state index contributed by atoms with van der Waals surface area (Å²) in [6.07, 6.45) is 5.02. The van der Waals surface area contributed by atoms with E-state index < -0.39 is 0 Å². The van der Waals surface area contributed by atoms with E-state index in [4.69, 9.17) is 5.73 Å². The molecule has 0 saturated carbocycles. The monoisotopic (exact) mass is 157 g/mol. The molecular formula is C5H7N3OS. The molecule has 0 aliphatic carbocycles. The van der Waals surface area contributed by atoms with E-state index in [1.807, 2.05) is 0 Å². The van der Waals surface area contributed by atoms with Gasteiger partial charge in [-0.1, -0.05) is 0 Å². The third kappa shape index (κ3) is 2.10. The topological polar surface area (TPSA) is 60.9 Å². The van der Waals surface area contributed by atoms with Crippen LogP contribution in [0, 0.1) is 0 Å². The Kier molecular flexibility index (Phi) is 2.33. The minimum absolute atomic E-state index is 0.288. The quantitative estimate of drug-likeness (QED) is 0.664. The Morgan fingerprint density at radius 1 is 1.80 bits per heavy atom. The summed E-state index contributed by atoms with van der Waals surface area (Å²) in [5, 5.41) is 0. The second-order valence-corrected chi connectivity index (χ2v) is 2.63. The highest BCUT2D eigenvalue weighted by atomic mass is 32.2. The molecule has 0 aliphatic heterocycles. The molecule has 4 nitrogen and oxygen atoms in total. The van der Waals surface area contributed by atoms with Gasteiger partial charge in [-0.2, -0.15) is 0 Å². The highest BCUT2D eigenvalue weighted by Gasteiger charge is 1.94. The lowest BCUT2D eigenvalue weighted by atomic mass is 10.8. The van der Waals surface area contributed by atoms with Gasteiger partial charge in [-0.05, 0) is 11.9 Å². The van der Waals surface area contributed by atoms with Crippen LogP contribution in [0.25, 0.3) is 0 Å². The number of carbonyl (C=O) groups excluding carboxylic acids is 1. The molecule has 1 aromatic rings. The Morgan fingerprint density at radius 2 is 2.60 bits per heavy atom. The van der Waals surface area contributed by atoms with Crippen LogP contribution in [0.5, 0.6) is 0 Å². The van der Waals surface area contributed by atoms with Crippen LogP contribution in [-0.2, 0) is 4.79 Å². The molecule has 1 aromatic heterocycles. The zero-order valence-corrected chi connectivity index (χ0v) is 6.04. The summed E-state index contributed by atoms with van der Waals surface area (Å²) >= 11 is 1.31. The van der Waals surface area contributed by atoms with E-state index in [9.17, 15) is 4.79 Å². The van der Waals surface area contributed by atoms with Gasteiger partial charge in [0, 0.05) is 12.4 Å². The first-order valence-electron chi connectivity index (χ1n) is 2.68. The fourth-order valence-corrected chi connectivity index (χ4v) is 0.999. The highest BCUT2D eigenvalue weighted by Crippen LogP contribution is 2.02. The maximum Gasteiger partial charge on any atom is 0.229 e. The summed E-state index contributed by atoms with van der Waals surface area (Å²) < 4.78 is 1.73. The van der Waals surface area contributed by atoms with Gasteiger partial charge in [0.1, 0.15) is 6.33 Å². The zero-order valence-electron chi connectivity index (χ0n) is 5.23. The molecule has 54 valence electrons. The second-order valence-electron chi connectivity index (χ2n) is 1.66. The number of aromatic nitrogens is 2. The van der Waals surface area contributed by atoms with E-state index in [1.165, 1.54) is 11.9 Å². The van der Waals surface area contributed by atoms with Crippen molar-refractivity contribution in [3.8, 4) is 0 Å². The minimum atomic E-state index is -0.321. The molecule has 0 bridgehead atoms. The molecular weight excluding hydrogens is 150 g/mol. The van der Waals surface area contributed by atoms with Crippen molar-refractivity contribution in [3.63, 3.8) is 0 Å². The lowest BCUT2D eigenvalue weighted by molar-refractivity contribution is -0.115. The molecule has 0 radical (unpaired) electrons. The number of imidazole rings is 1. The van der Waals surface area contributed by atoms with Crippen molar-refractivity contribution in [3.05, 3.63) is 18.7 Å². The number of carbonyl (C=O) groups is 1. The Hall–Kier alpha value is -0.970. The van der Waals surface area contributed by atoms with Crippen LogP contribution in [0.15, 0.2) is 18.7 Å². The molecule has 0 aliphatic rings. The summed E-state index contributed by atoms with van der Waals surface area (Å²) in [7, 11) is 0. The lowest BCUT2D eigenvalue weighted by Crippen LogP contribution is -2.13. The SMILES string of the molecule is NC(=O)CSn1ccnc1. The van der Waals surface area contributed by atoms with Crippen molar-refractivity contribution in [2.45, 2.75) is 0 Å². The van der Waals surface area contributed by atoms with Crippen LogP contribution < -0.4 is 5.73 Å². The average molecular weight is 157 g/mol. The summed E-state index contributed by atoms with van der Waals surface area (Å²) in [5.41, 5.74) is 4.92. The number of hydrogen-bond acceptors (Lipinski definition) is 3. The van der Waals surface area contributed by atoms with Crippen molar-refractivity contribution in [2.75, 3.05) is 5.75 Å². The standard InChI is InChI=1S/C5H7N3OS/c6-5(9)3-10-8-2-1-7-4-8/h1-2,4H,3H2,(H2,6,9). The van der Waals surface area contributed by atoms with E-state index in [2.05, 4.69) is 4.98 Å². The Labute approximate surface area is 62.6 Å². The van der Waals surface area contributed by atoms with Crippen LogP contribution in [0.4, 0.5) is 0 Å². The third-order valence-corrected chi connectivity index (χ3v) is 1.76. The minimum Gasteiger partial charge on any atom is -0.369 e. The molecule has 0 spiro atoms. The lowest BCUT2D eigenvalue weighted by Gasteiger charge is -1.94. The molecule has 0 unspecified atom stereocenters. The summed E-state index contributed by atoms with van der Waals surface area (Å²) in [5.74, 6) is -0.0326. The van der Waals surface area contributed by atoms with Crippen LogP contribution in [0.3, 0.4) is 0 Å². The van der Waals surface area contributed by atoms with Gasteiger partial charge in [0.15, 0.2) is 0 Å². The number of nitrogens with two attached hydrogens (primary N) is 1. The summed E-state index contributed by atoms with van der Waals surface area (Å²) in [6, 6.07) is 0. The molecule has 0 fully saturated rings. The number of rotatable bonds is 3. The number of amides is 1. The van der Waals surface area contributed by atoms with E-state index in [1.54, 1.807) is 22.7 Å². The predicted octanol–water partition coefficient (Wildman–Crippen LogP) is -0.135. The second kappa shape index (κ2) is 3.26. The maximum atomic E-state index is 10.3. The smallest absolute Gasteiger partial charge is 0.229 e. The van der Waals surface area contributed by atoms with Crippen LogP contribution >= 0.6 is 11.9 Å². The largest absolute Gasteiger partial charge is 0.369 e. The number of nitrogens with zero attached hydrogens (tertiary/aromatic N) is 2. The van der Waals surface area contributed by atoms with Gasteiger partial charge in [0.2, 0.25) is 5.91 Å². The van der Waals surface area contributed by atoms with E-state index in [0.29, 0.717) is 0 Å². The zero-order chi connectivity index (χ0) is 7.40. The Bertz CT molecular complexity index is 209. The molecule has 5 heteroatoms. The van der Waals surface area contributed by atoms with Crippen molar-refractivity contribution >= 4 is 17.9 Å². The van der Waals surface area contributed by atoms with Crippen LogP contribution in [0.1, 0.15) is 0 Å². The fraction of sp³-hybridized carbons (Fsp3) is 0.200. The first-order chi connectivity index (χ1) is 4.79. The average Bonchev–Trinajstić information content (AvgIpc) is 2.34. The Morgan fingerprint density at radius 3 is 3.10 bits per heavy atom. The van der Waals surface area contributed by atoms with Gasteiger partial charge in [0.05, 0.1) is 5.75 Å². The van der Waals surface area contributed by atoms with E-state index in [-0.39, 0.29) is 11.7 Å². The van der Waals surface area contributed by atoms with Gasteiger partial charge < -0.3 is 5.73 Å². The molecule has 2 N–H and O–H groups in total. The molecule has 0 saturated heterocycles. The van der Waals surface area contributed by atoms with Crippen LogP contribution in [-0.4, -0.2) is 20.6 Å². The predicted molar refractivity (Wildman–Crippen MR) is 39.3 cm³/mol. The third-order valence-electron chi connectivity index (χ3n) is 0.836. The fourth-order valence-electron chi connectivity index (χ4n) is 0.461. The molecule has 10 heavy (non-hydrogen) atoms. The maximum absolute atomic E-state index is 10.3. The van der Waals surface area contributed by atoms with Crippen molar-refractivity contribution in [2.24, 2.45) is 5.73 Å². The molecule has 0 aromatic carbocycles. The summed E-state index contributed by atoms with van der Waals surface area (Å²) in [4.78, 5) is 14.1. The van der Waals surface area contributed by atoms with Gasteiger partial charge in [-0.15, -0.1) is 0 Å². The first-order valence-corrected chi connectivity index (χ1v) is 3.63. The molecule has 1 amide bonds. The number of hydrogen-bond donors (Lipinski definition) is 1. The van der Waals surface area contributed by atoms with Crippen LogP contribution in [0.2, 0.25) is 0 Å². The normalized spacial score (nSPS) is 9.60. The summed E-state index contributed by atoms with van der Waals surface area (Å²) in [6.45, 7) is 0. The highest BCUT2D eigenvalue weighted by molar-refractivity contribution is 7.98. The molecule has 1 heterocycles. The number of primary amides is 1. The van der Waals surface area contributed by atoms with Crippen molar-refractivity contribution in [1.82, 2.24) is 8.96 Å². The van der Waals surface area contributed by atoms with Crippen molar-refractivity contribution < 1.29 is 4.79 Å². The van der Waals surface area contributed by atoms with Gasteiger partial charge in [0.25, 0.3) is 0 Å².